The summed E-state index contributed by atoms with van der Waals surface area (Å²) in [7, 11) is 1.70. The molecule has 2 heterocycles. The smallest absolute Gasteiger partial charge is 0.270 e. The normalized spacial score (nSPS) is 10.8. The number of aryl methyl sites for hydroxylation is 1. The molecule has 0 atom stereocenters. The van der Waals surface area contributed by atoms with Crippen LogP contribution in [0, 0.1) is 6.92 Å². The SMILES string of the molecule is Cc1cc(=O)cc(C(=O)N(C)Cc2ccc3nsnc3c2)[nH]1. The Morgan fingerprint density at radius 1 is 1.23 bits per heavy atom. The minimum Gasteiger partial charge on any atom is -0.354 e. The number of fused-ring (bicyclic) bond motifs is 1. The first-order chi connectivity index (χ1) is 10.5. The second-order valence-electron chi connectivity index (χ2n) is 5.16. The lowest BCUT2D eigenvalue weighted by Gasteiger charge is -2.17. The number of pyridine rings is 1. The molecule has 7 heteroatoms. The average molecular weight is 314 g/mol. The van der Waals surface area contributed by atoms with E-state index in [1.54, 1.807) is 18.9 Å². The molecule has 1 N–H and O–H groups in total. The minimum absolute atomic E-state index is 0.178. The van der Waals surface area contributed by atoms with Crippen LogP contribution in [0.15, 0.2) is 35.1 Å². The summed E-state index contributed by atoms with van der Waals surface area (Å²) in [5, 5.41) is 0. The number of carbonyl (C=O) groups excluding carboxylic acids is 1. The second-order valence-corrected chi connectivity index (χ2v) is 5.69. The van der Waals surface area contributed by atoms with Crippen molar-refractivity contribution in [3.05, 3.63) is 57.5 Å². The summed E-state index contributed by atoms with van der Waals surface area (Å²) in [6.07, 6.45) is 0. The van der Waals surface area contributed by atoms with Crippen LogP contribution in [-0.4, -0.2) is 31.6 Å². The van der Waals surface area contributed by atoms with Gasteiger partial charge in [0.15, 0.2) is 5.43 Å². The highest BCUT2D eigenvalue weighted by molar-refractivity contribution is 7.00. The summed E-state index contributed by atoms with van der Waals surface area (Å²) in [5.74, 6) is -0.225. The van der Waals surface area contributed by atoms with Crippen LogP contribution in [-0.2, 0) is 6.54 Å². The van der Waals surface area contributed by atoms with Gasteiger partial charge in [-0.3, -0.25) is 9.59 Å². The molecule has 0 bridgehead atoms. The second kappa shape index (κ2) is 5.69. The van der Waals surface area contributed by atoms with E-state index in [9.17, 15) is 9.59 Å². The Balaban J connectivity index is 1.82. The lowest BCUT2D eigenvalue weighted by Crippen LogP contribution is -2.28. The molecule has 0 aliphatic rings. The van der Waals surface area contributed by atoms with Crippen LogP contribution in [0.4, 0.5) is 0 Å². The van der Waals surface area contributed by atoms with Gasteiger partial charge in [0.2, 0.25) is 0 Å². The van der Waals surface area contributed by atoms with E-state index in [-0.39, 0.29) is 11.3 Å². The number of hydrogen-bond donors (Lipinski definition) is 1. The zero-order valence-corrected chi connectivity index (χ0v) is 13.0. The summed E-state index contributed by atoms with van der Waals surface area (Å²) in [6.45, 7) is 2.18. The van der Waals surface area contributed by atoms with E-state index in [0.29, 0.717) is 17.9 Å². The quantitative estimate of drug-likeness (QED) is 0.801. The highest BCUT2D eigenvalue weighted by atomic mass is 32.1. The van der Waals surface area contributed by atoms with Gasteiger partial charge in [-0.2, -0.15) is 8.75 Å². The van der Waals surface area contributed by atoms with Gasteiger partial charge in [0.05, 0.1) is 11.7 Å². The number of nitrogens with one attached hydrogen (secondary N) is 1. The van der Waals surface area contributed by atoms with Crippen LogP contribution in [0.3, 0.4) is 0 Å². The molecule has 0 aliphatic carbocycles. The molecule has 22 heavy (non-hydrogen) atoms. The Morgan fingerprint density at radius 2 is 2.00 bits per heavy atom. The molecule has 3 aromatic rings. The maximum absolute atomic E-state index is 12.4. The highest BCUT2D eigenvalue weighted by Crippen LogP contribution is 2.15. The lowest BCUT2D eigenvalue weighted by atomic mass is 10.2. The van der Waals surface area contributed by atoms with E-state index in [1.165, 1.54) is 23.9 Å². The number of aromatic nitrogens is 3. The maximum atomic E-state index is 12.4. The van der Waals surface area contributed by atoms with Gasteiger partial charge in [0.1, 0.15) is 16.7 Å². The third-order valence-corrected chi connectivity index (χ3v) is 3.85. The van der Waals surface area contributed by atoms with E-state index in [0.717, 1.165) is 16.6 Å². The van der Waals surface area contributed by atoms with Crippen LogP contribution in [0.25, 0.3) is 11.0 Å². The van der Waals surface area contributed by atoms with Gasteiger partial charge in [0, 0.05) is 31.4 Å². The molecule has 0 unspecified atom stereocenters. The summed E-state index contributed by atoms with van der Waals surface area (Å²) in [5.41, 5.74) is 3.43. The maximum Gasteiger partial charge on any atom is 0.270 e. The van der Waals surface area contributed by atoms with Gasteiger partial charge in [-0.05, 0) is 24.6 Å². The largest absolute Gasteiger partial charge is 0.354 e. The van der Waals surface area contributed by atoms with Crippen molar-refractivity contribution in [3.63, 3.8) is 0 Å². The summed E-state index contributed by atoms with van der Waals surface area (Å²) in [4.78, 5) is 28.4. The lowest BCUT2D eigenvalue weighted by molar-refractivity contribution is 0.0779. The first-order valence-electron chi connectivity index (χ1n) is 6.70. The summed E-state index contributed by atoms with van der Waals surface area (Å²) < 4.78 is 8.34. The highest BCUT2D eigenvalue weighted by Gasteiger charge is 2.14. The van der Waals surface area contributed by atoms with Crippen molar-refractivity contribution in [3.8, 4) is 0 Å². The standard InChI is InChI=1S/C15H14N4O2S/c1-9-5-11(20)7-14(16-9)15(21)19(2)8-10-3-4-12-13(6-10)18-22-17-12/h3-7H,8H2,1-2H3,(H,16,20). The molecule has 0 saturated carbocycles. The number of amides is 1. The predicted octanol–water partition coefficient (Wildman–Crippen LogP) is 1.96. The molecule has 2 aromatic heterocycles. The van der Waals surface area contributed by atoms with Crippen molar-refractivity contribution in [2.45, 2.75) is 13.5 Å². The summed E-state index contributed by atoms with van der Waals surface area (Å²) in [6, 6.07) is 8.51. The Kier molecular flexibility index (Phi) is 3.72. The number of benzene rings is 1. The third kappa shape index (κ3) is 2.89. The van der Waals surface area contributed by atoms with Crippen molar-refractivity contribution in [2.75, 3.05) is 7.05 Å². The number of H-pyrrole nitrogens is 1. The molecule has 1 amide bonds. The predicted molar refractivity (Wildman–Crippen MR) is 85.0 cm³/mol. The van der Waals surface area contributed by atoms with Crippen molar-refractivity contribution in [1.29, 1.82) is 0 Å². The fourth-order valence-electron chi connectivity index (χ4n) is 2.27. The Bertz CT molecular complexity index is 900. The van der Waals surface area contributed by atoms with E-state index in [4.69, 9.17) is 0 Å². The van der Waals surface area contributed by atoms with Crippen LogP contribution < -0.4 is 5.43 Å². The number of aromatic amines is 1. The first kappa shape index (κ1) is 14.4. The Hall–Kier alpha value is -2.54. The van der Waals surface area contributed by atoms with Crippen LogP contribution >= 0.6 is 11.7 Å². The van der Waals surface area contributed by atoms with Crippen LogP contribution in [0.5, 0.6) is 0 Å². The molecule has 0 fully saturated rings. The molecular formula is C15H14N4O2S. The van der Waals surface area contributed by atoms with E-state index >= 15 is 0 Å². The fraction of sp³-hybridized carbons (Fsp3) is 0.200. The first-order valence-corrected chi connectivity index (χ1v) is 7.43. The van der Waals surface area contributed by atoms with E-state index < -0.39 is 0 Å². The van der Waals surface area contributed by atoms with Gasteiger partial charge in [-0.1, -0.05) is 6.07 Å². The molecule has 0 saturated heterocycles. The molecule has 1 aromatic carbocycles. The zero-order valence-electron chi connectivity index (χ0n) is 12.2. The molecule has 0 radical (unpaired) electrons. The van der Waals surface area contributed by atoms with Crippen LogP contribution in [0.2, 0.25) is 0 Å². The fourth-order valence-corrected chi connectivity index (χ4v) is 2.79. The van der Waals surface area contributed by atoms with Crippen molar-refractivity contribution in [2.24, 2.45) is 0 Å². The molecular weight excluding hydrogens is 300 g/mol. The third-order valence-electron chi connectivity index (χ3n) is 3.29. The van der Waals surface area contributed by atoms with Crippen molar-refractivity contribution in [1.82, 2.24) is 18.6 Å². The molecule has 3 rings (SSSR count). The summed E-state index contributed by atoms with van der Waals surface area (Å²) >= 11 is 1.17. The van der Waals surface area contributed by atoms with Gasteiger partial charge >= 0.3 is 0 Å². The molecule has 112 valence electrons. The number of carbonyl (C=O) groups is 1. The van der Waals surface area contributed by atoms with Gasteiger partial charge in [0.25, 0.3) is 5.91 Å². The molecule has 0 spiro atoms. The van der Waals surface area contributed by atoms with E-state index in [2.05, 4.69) is 13.7 Å². The van der Waals surface area contributed by atoms with Crippen molar-refractivity contribution < 1.29 is 4.79 Å². The number of rotatable bonds is 3. The van der Waals surface area contributed by atoms with E-state index in [1.807, 2.05) is 18.2 Å². The van der Waals surface area contributed by atoms with Crippen molar-refractivity contribution >= 4 is 28.7 Å². The number of nitrogens with zero attached hydrogens (tertiary/aromatic N) is 3. The molecule has 0 aliphatic heterocycles. The Labute approximate surface area is 130 Å². The topological polar surface area (TPSA) is 79.0 Å². The average Bonchev–Trinajstić information content (AvgIpc) is 2.93. The van der Waals surface area contributed by atoms with Gasteiger partial charge in [-0.15, -0.1) is 0 Å². The van der Waals surface area contributed by atoms with Gasteiger partial charge < -0.3 is 9.88 Å². The van der Waals surface area contributed by atoms with Crippen LogP contribution in [0.1, 0.15) is 21.7 Å². The Morgan fingerprint density at radius 3 is 2.77 bits per heavy atom. The molecule has 6 nitrogen and oxygen atoms in total. The minimum atomic E-state index is -0.225. The van der Waals surface area contributed by atoms with Gasteiger partial charge in [-0.25, -0.2) is 0 Å². The monoisotopic (exact) mass is 314 g/mol. The zero-order chi connectivity index (χ0) is 15.7. The number of hydrogen-bond acceptors (Lipinski definition) is 5.